The number of β-amino-alcohol motifs (C(OH)–C–C–N with tert-alkyl or cyclic N) is 1. The van der Waals surface area contributed by atoms with Crippen LogP contribution in [0.1, 0.15) is 57.9 Å². The number of rotatable bonds is 4. The molecule has 6 heteroatoms. The van der Waals surface area contributed by atoms with Crippen molar-refractivity contribution in [3.8, 4) is 0 Å². The molecule has 2 fully saturated rings. The molecule has 2 aliphatic heterocycles. The summed E-state index contributed by atoms with van der Waals surface area (Å²) >= 11 is 0. The van der Waals surface area contributed by atoms with Gasteiger partial charge in [-0.3, -0.25) is 9.69 Å². The number of fused-ring (bicyclic) bond motifs is 1. The Bertz CT molecular complexity index is 1110. The Kier molecular flexibility index (Phi) is 7.13. The third-order valence-electron chi connectivity index (χ3n) is 7.40. The average molecular weight is 468 g/mol. The highest BCUT2D eigenvalue weighted by Gasteiger charge is 2.30. The number of nitrogens with zero attached hydrogens (tertiary/aromatic N) is 2. The second kappa shape index (κ2) is 9.88. The van der Waals surface area contributed by atoms with Crippen molar-refractivity contribution >= 4 is 29.2 Å². The zero-order chi connectivity index (χ0) is 22.2. The normalized spacial score (nSPS) is 19.7. The Labute approximate surface area is 202 Å². The number of H-pyrrole nitrogens is 1. The van der Waals surface area contributed by atoms with Gasteiger partial charge in [0.05, 0.1) is 6.10 Å². The predicted octanol–water partition coefficient (Wildman–Crippen LogP) is 4.79. The van der Waals surface area contributed by atoms with E-state index in [1.54, 1.807) is 4.90 Å². The molecule has 176 valence electrons. The van der Waals surface area contributed by atoms with Crippen LogP contribution in [0.15, 0.2) is 42.5 Å². The molecule has 0 spiro atoms. The van der Waals surface area contributed by atoms with E-state index in [2.05, 4.69) is 48.0 Å². The van der Waals surface area contributed by atoms with Gasteiger partial charge < -0.3 is 15.0 Å². The number of hydrogen-bond donors (Lipinski definition) is 2. The van der Waals surface area contributed by atoms with Crippen LogP contribution in [0.5, 0.6) is 0 Å². The van der Waals surface area contributed by atoms with Crippen LogP contribution in [0.4, 0.5) is 0 Å². The van der Waals surface area contributed by atoms with E-state index in [0.717, 1.165) is 48.9 Å². The number of carbonyl (C=O) groups is 1. The van der Waals surface area contributed by atoms with Gasteiger partial charge in [-0.1, -0.05) is 36.4 Å². The number of amides is 1. The van der Waals surface area contributed by atoms with Crippen molar-refractivity contribution in [1.29, 1.82) is 0 Å². The molecule has 1 aromatic heterocycles. The molecule has 2 N–H and O–H groups in total. The zero-order valence-electron chi connectivity index (χ0n) is 19.5. The molecule has 0 bridgehead atoms. The zero-order valence-corrected chi connectivity index (χ0v) is 20.3. The minimum atomic E-state index is -0.407. The number of piperidine rings is 1. The van der Waals surface area contributed by atoms with E-state index in [0.29, 0.717) is 31.1 Å². The van der Waals surface area contributed by atoms with Gasteiger partial charge in [-0.05, 0) is 74.9 Å². The molecule has 1 amide bonds. The number of halogens is 1. The van der Waals surface area contributed by atoms with Crippen LogP contribution in [0.2, 0.25) is 0 Å². The lowest BCUT2D eigenvalue weighted by Gasteiger charge is -2.33. The van der Waals surface area contributed by atoms with E-state index in [1.165, 1.54) is 16.7 Å². The minimum absolute atomic E-state index is 0. The lowest BCUT2D eigenvalue weighted by molar-refractivity contribution is 0.0757. The molecule has 3 heterocycles. The second-order valence-electron chi connectivity index (χ2n) is 9.57. The lowest BCUT2D eigenvalue weighted by Crippen LogP contribution is -2.34. The Morgan fingerprint density at radius 3 is 2.36 bits per heavy atom. The maximum Gasteiger partial charge on any atom is 0.270 e. The van der Waals surface area contributed by atoms with Crippen LogP contribution in [-0.2, 0) is 6.54 Å². The van der Waals surface area contributed by atoms with Crippen molar-refractivity contribution < 1.29 is 9.90 Å². The number of aliphatic hydroxyl groups excluding tert-OH is 1. The minimum Gasteiger partial charge on any atom is -0.391 e. The van der Waals surface area contributed by atoms with E-state index < -0.39 is 6.10 Å². The maximum atomic E-state index is 13.3. The number of aromatic amines is 1. The fourth-order valence-corrected chi connectivity index (χ4v) is 5.71. The summed E-state index contributed by atoms with van der Waals surface area (Å²) in [6, 6.07) is 14.8. The van der Waals surface area contributed by atoms with E-state index in [9.17, 15) is 9.90 Å². The molecular weight excluding hydrogens is 434 g/mol. The molecule has 0 aliphatic carbocycles. The number of aromatic nitrogens is 1. The summed E-state index contributed by atoms with van der Waals surface area (Å²) in [5.41, 5.74) is 7.13. The molecule has 5 rings (SSSR count). The van der Waals surface area contributed by atoms with Crippen molar-refractivity contribution in [2.24, 2.45) is 0 Å². The van der Waals surface area contributed by atoms with Gasteiger partial charge in [0.1, 0.15) is 5.69 Å². The molecule has 1 unspecified atom stereocenters. The van der Waals surface area contributed by atoms with Crippen LogP contribution < -0.4 is 0 Å². The first-order valence-corrected chi connectivity index (χ1v) is 11.9. The summed E-state index contributed by atoms with van der Waals surface area (Å²) in [4.78, 5) is 21.0. The highest BCUT2D eigenvalue weighted by atomic mass is 35.5. The first-order valence-electron chi connectivity index (χ1n) is 11.9. The molecule has 2 aromatic carbocycles. The molecular formula is C27H34ClN3O2. The number of carbonyl (C=O) groups excluding carboxylic acids is 1. The van der Waals surface area contributed by atoms with Gasteiger partial charge in [0.25, 0.3) is 5.91 Å². The number of aliphatic hydroxyl groups is 1. The van der Waals surface area contributed by atoms with Gasteiger partial charge in [-0.25, -0.2) is 0 Å². The molecule has 33 heavy (non-hydrogen) atoms. The van der Waals surface area contributed by atoms with Crippen molar-refractivity contribution in [2.75, 3.05) is 26.2 Å². The third kappa shape index (κ3) is 4.68. The van der Waals surface area contributed by atoms with Gasteiger partial charge in [-0.15, -0.1) is 12.4 Å². The topological polar surface area (TPSA) is 59.6 Å². The second-order valence-corrected chi connectivity index (χ2v) is 9.57. The highest BCUT2D eigenvalue weighted by Crippen LogP contribution is 2.34. The Balaban J connectivity index is 0.00000259. The van der Waals surface area contributed by atoms with Crippen molar-refractivity contribution in [2.45, 2.75) is 51.7 Å². The van der Waals surface area contributed by atoms with Crippen molar-refractivity contribution in [3.63, 3.8) is 0 Å². The van der Waals surface area contributed by atoms with E-state index in [4.69, 9.17) is 0 Å². The van der Waals surface area contributed by atoms with Gasteiger partial charge in [-0.2, -0.15) is 0 Å². The summed E-state index contributed by atoms with van der Waals surface area (Å²) in [6.45, 7) is 8.36. The monoisotopic (exact) mass is 467 g/mol. The Morgan fingerprint density at radius 1 is 1.00 bits per heavy atom. The maximum absolute atomic E-state index is 13.3. The summed E-state index contributed by atoms with van der Waals surface area (Å²) in [5, 5.41) is 11.0. The number of likely N-dealkylation sites (tertiary alicyclic amines) is 2. The quantitative estimate of drug-likeness (QED) is 0.579. The van der Waals surface area contributed by atoms with Gasteiger partial charge >= 0.3 is 0 Å². The van der Waals surface area contributed by atoms with Crippen LogP contribution in [0, 0.1) is 13.8 Å². The Morgan fingerprint density at radius 2 is 1.70 bits per heavy atom. The number of hydrogen-bond acceptors (Lipinski definition) is 3. The summed E-state index contributed by atoms with van der Waals surface area (Å²) in [5.74, 6) is 0.626. The molecule has 2 saturated heterocycles. The third-order valence-corrected chi connectivity index (χ3v) is 7.40. The van der Waals surface area contributed by atoms with Crippen LogP contribution >= 0.6 is 12.4 Å². The Hall–Kier alpha value is -2.34. The van der Waals surface area contributed by atoms with Gasteiger partial charge in [0.15, 0.2) is 0 Å². The SMILES string of the molecule is Cc1cccc(C)c1C1CCN(Cc2c(C(=O)N3CCC(O)C3)[nH]c3ccccc23)CC1.Cl. The molecule has 1 atom stereocenters. The summed E-state index contributed by atoms with van der Waals surface area (Å²) < 4.78 is 0. The van der Waals surface area contributed by atoms with Gasteiger partial charge in [0, 0.05) is 36.1 Å². The number of aryl methyl sites for hydroxylation is 2. The van der Waals surface area contributed by atoms with E-state index in [1.807, 2.05) is 18.2 Å². The first kappa shape index (κ1) is 23.8. The molecule has 0 saturated carbocycles. The van der Waals surface area contributed by atoms with Crippen LogP contribution in [-0.4, -0.2) is 58.1 Å². The van der Waals surface area contributed by atoms with Gasteiger partial charge in [0.2, 0.25) is 0 Å². The van der Waals surface area contributed by atoms with E-state index >= 15 is 0 Å². The first-order chi connectivity index (χ1) is 15.5. The average Bonchev–Trinajstić information content (AvgIpc) is 3.38. The molecule has 0 radical (unpaired) electrons. The fourth-order valence-electron chi connectivity index (χ4n) is 5.71. The summed E-state index contributed by atoms with van der Waals surface area (Å²) in [6.07, 6.45) is 2.55. The molecule has 3 aromatic rings. The number of benzene rings is 2. The van der Waals surface area contributed by atoms with Crippen LogP contribution in [0.25, 0.3) is 10.9 Å². The van der Waals surface area contributed by atoms with Crippen LogP contribution in [0.3, 0.4) is 0 Å². The lowest BCUT2D eigenvalue weighted by atomic mass is 9.84. The number of para-hydroxylation sites is 1. The largest absolute Gasteiger partial charge is 0.391 e. The summed E-state index contributed by atoms with van der Waals surface area (Å²) in [7, 11) is 0. The van der Waals surface area contributed by atoms with Crippen molar-refractivity contribution in [1.82, 2.24) is 14.8 Å². The predicted molar refractivity (Wildman–Crippen MR) is 135 cm³/mol. The standard InChI is InChI=1S/C27H33N3O2.ClH/c1-18-6-5-7-19(2)25(18)20-10-13-29(14-11-20)17-23-22-8-3-4-9-24(22)28-26(23)27(32)30-15-12-21(31)16-30;/h3-9,20-21,28,31H,10-17H2,1-2H3;1H. The molecule has 5 nitrogen and oxygen atoms in total. The number of nitrogens with one attached hydrogen (secondary N) is 1. The molecule has 2 aliphatic rings. The highest BCUT2D eigenvalue weighted by molar-refractivity contribution is 6.01. The fraction of sp³-hybridized carbons (Fsp3) is 0.444. The van der Waals surface area contributed by atoms with Crippen molar-refractivity contribution in [3.05, 3.63) is 70.4 Å². The van der Waals surface area contributed by atoms with E-state index in [-0.39, 0.29) is 18.3 Å². The smallest absolute Gasteiger partial charge is 0.270 e.